The normalized spacial score (nSPS) is 11.3. The lowest BCUT2D eigenvalue weighted by atomic mass is 9.96. The van der Waals surface area contributed by atoms with E-state index in [2.05, 4.69) is 9.47 Å². The van der Waals surface area contributed by atoms with E-state index < -0.39 is 97.2 Å². The molecule has 212 valence electrons. The zero-order chi connectivity index (χ0) is 28.1. The third-order valence-electron chi connectivity index (χ3n) is 3.16. The number of aliphatic hydroxyl groups is 3. The highest BCUT2D eigenvalue weighted by molar-refractivity contribution is 6.33. The van der Waals surface area contributed by atoms with Crippen molar-refractivity contribution in [3.63, 3.8) is 0 Å². The molecule has 0 bridgehead atoms. The second kappa shape index (κ2) is 17.8. The van der Waals surface area contributed by atoms with Gasteiger partial charge < -0.3 is 62.6 Å². The molecule has 21 nitrogen and oxygen atoms in total. The van der Waals surface area contributed by atoms with Crippen molar-refractivity contribution in [2.24, 2.45) is 0 Å². The zero-order valence-corrected chi connectivity index (χ0v) is 18.5. The monoisotopic (exact) mass is 548 g/mol. The standard InChI is InChI=1S/C10H10O12.C6H8O7.2H3N/c11-3(7(15)16)1-5(13)21-9(19)10(20)22-6(14)2-4(12)8(17)18;7-3(8)1-6(13,5(11)12)2-4(9)10;;/h3-4,11-12H,1-2H2,(H,15,16)(H,17,18);13H,1-2H2,(H,7,8)(H,9,10)(H,11,12);2*1H3. The van der Waals surface area contributed by atoms with Crippen LogP contribution < -0.4 is 12.3 Å². The van der Waals surface area contributed by atoms with Crippen molar-refractivity contribution in [2.45, 2.75) is 43.5 Å². The number of esters is 4. The highest BCUT2D eigenvalue weighted by Crippen LogP contribution is 2.15. The SMILES string of the molecule is N.N.O=C(CC(O)C(=O)O)OC(=O)C(=O)OC(=O)CC(O)C(=O)O.O=C(O)CC(O)(CC(=O)O)C(=O)O. The molecule has 0 aliphatic rings. The van der Waals surface area contributed by atoms with E-state index in [9.17, 15) is 43.2 Å². The van der Waals surface area contributed by atoms with Crippen molar-refractivity contribution in [3.05, 3.63) is 0 Å². The summed E-state index contributed by atoms with van der Waals surface area (Å²) in [5, 5.41) is 67.9. The van der Waals surface area contributed by atoms with Gasteiger partial charge in [-0.25, -0.2) is 24.0 Å². The first kappa shape index (κ1) is 39.6. The van der Waals surface area contributed by atoms with Gasteiger partial charge in [0.2, 0.25) is 0 Å². The minimum Gasteiger partial charge on any atom is -0.481 e. The fourth-order valence-electron chi connectivity index (χ4n) is 1.58. The predicted molar refractivity (Wildman–Crippen MR) is 106 cm³/mol. The van der Waals surface area contributed by atoms with Gasteiger partial charge >= 0.3 is 53.7 Å². The summed E-state index contributed by atoms with van der Waals surface area (Å²) in [7, 11) is 0. The molecular weight excluding hydrogens is 524 g/mol. The van der Waals surface area contributed by atoms with E-state index in [-0.39, 0.29) is 12.3 Å². The van der Waals surface area contributed by atoms with Crippen LogP contribution in [0.5, 0.6) is 0 Å². The van der Waals surface area contributed by atoms with E-state index in [0.29, 0.717) is 0 Å². The number of carbonyl (C=O) groups is 9. The highest BCUT2D eigenvalue weighted by Gasteiger charge is 2.40. The fraction of sp³-hybridized carbons (Fsp3) is 0.438. The van der Waals surface area contributed by atoms with Gasteiger partial charge in [0, 0.05) is 0 Å². The van der Waals surface area contributed by atoms with Crippen molar-refractivity contribution in [1.29, 1.82) is 0 Å². The quantitative estimate of drug-likeness (QED) is 0.0665. The van der Waals surface area contributed by atoms with Crippen LogP contribution in [0.25, 0.3) is 0 Å². The molecule has 0 amide bonds. The van der Waals surface area contributed by atoms with Gasteiger partial charge in [0.05, 0.1) is 25.7 Å². The first-order valence-electron chi connectivity index (χ1n) is 8.53. The van der Waals surface area contributed by atoms with Gasteiger partial charge in [-0.05, 0) is 0 Å². The van der Waals surface area contributed by atoms with Crippen LogP contribution in [0.4, 0.5) is 0 Å². The number of carboxylic acid groups (broad SMARTS) is 5. The Bertz CT molecular complexity index is 835. The van der Waals surface area contributed by atoms with Crippen molar-refractivity contribution in [1.82, 2.24) is 12.3 Å². The van der Waals surface area contributed by atoms with Gasteiger partial charge in [0.1, 0.15) is 0 Å². The van der Waals surface area contributed by atoms with E-state index in [4.69, 9.17) is 40.9 Å². The van der Waals surface area contributed by atoms with Crippen molar-refractivity contribution < 1.29 is 93.5 Å². The molecule has 0 aromatic carbocycles. The number of carbonyl (C=O) groups excluding carboxylic acids is 4. The van der Waals surface area contributed by atoms with E-state index in [1.54, 1.807) is 0 Å². The highest BCUT2D eigenvalue weighted by atomic mass is 16.6. The molecule has 0 saturated heterocycles. The van der Waals surface area contributed by atoms with E-state index >= 15 is 0 Å². The summed E-state index contributed by atoms with van der Waals surface area (Å²) in [6.07, 6.45) is -8.89. The van der Waals surface area contributed by atoms with Crippen LogP contribution in [0.2, 0.25) is 0 Å². The molecule has 0 spiro atoms. The maximum atomic E-state index is 11.0. The molecule has 0 aliphatic heterocycles. The van der Waals surface area contributed by atoms with Gasteiger partial charge in [0.25, 0.3) is 0 Å². The third kappa shape index (κ3) is 17.5. The molecule has 0 aromatic rings. The Balaban J connectivity index is -0.000000313. The lowest BCUT2D eigenvalue weighted by Crippen LogP contribution is -2.42. The van der Waals surface area contributed by atoms with Gasteiger partial charge in [-0.1, -0.05) is 0 Å². The lowest BCUT2D eigenvalue weighted by Gasteiger charge is -2.18. The average Bonchev–Trinajstić information content (AvgIpc) is 2.66. The predicted octanol–water partition coefficient (Wildman–Crippen LogP) is -4.13. The summed E-state index contributed by atoms with van der Waals surface area (Å²) in [4.78, 5) is 94.8. The topological polar surface area (TPSA) is 404 Å². The van der Waals surface area contributed by atoms with Gasteiger partial charge in [-0.15, -0.1) is 0 Å². The Labute approximate surface area is 204 Å². The number of hydrogen-bond donors (Lipinski definition) is 10. The number of aliphatic hydroxyl groups excluding tert-OH is 2. The molecule has 14 N–H and O–H groups in total. The van der Waals surface area contributed by atoms with Gasteiger partial charge in [-0.2, -0.15) is 0 Å². The smallest absolute Gasteiger partial charge is 0.425 e. The molecule has 0 fully saturated rings. The summed E-state index contributed by atoms with van der Waals surface area (Å²) in [6.45, 7) is 0. The van der Waals surface area contributed by atoms with Crippen molar-refractivity contribution >= 4 is 53.7 Å². The zero-order valence-electron chi connectivity index (χ0n) is 18.5. The molecular formula is C16H24N2O19. The summed E-state index contributed by atoms with van der Waals surface area (Å²) in [6, 6.07) is 0. The van der Waals surface area contributed by atoms with E-state index in [1.807, 2.05) is 0 Å². The van der Waals surface area contributed by atoms with Crippen LogP contribution in [0.15, 0.2) is 0 Å². The van der Waals surface area contributed by atoms with Crippen LogP contribution >= 0.6 is 0 Å². The number of ether oxygens (including phenoxy) is 2. The van der Waals surface area contributed by atoms with E-state index in [0.717, 1.165) is 0 Å². The van der Waals surface area contributed by atoms with Gasteiger partial charge in [-0.3, -0.25) is 19.2 Å². The van der Waals surface area contributed by atoms with Crippen LogP contribution in [0.1, 0.15) is 25.7 Å². The first-order chi connectivity index (χ1) is 15.8. The second-order valence-corrected chi connectivity index (χ2v) is 6.12. The van der Waals surface area contributed by atoms with Crippen molar-refractivity contribution in [2.75, 3.05) is 0 Å². The number of aliphatic carboxylic acids is 5. The summed E-state index contributed by atoms with van der Waals surface area (Å²) >= 11 is 0. The Morgan fingerprint density at radius 2 is 0.865 bits per heavy atom. The third-order valence-corrected chi connectivity index (χ3v) is 3.16. The Morgan fingerprint density at radius 3 is 1.05 bits per heavy atom. The minimum atomic E-state index is -2.74. The summed E-state index contributed by atoms with van der Waals surface area (Å²) < 4.78 is 7.56. The van der Waals surface area contributed by atoms with Crippen LogP contribution in [0.3, 0.4) is 0 Å². The van der Waals surface area contributed by atoms with Crippen LogP contribution in [-0.2, 0) is 52.6 Å². The molecule has 0 aromatic heterocycles. The number of carboxylic acids is 5. The molecule has 2 unspecified atom stereocenters. The fourth-order valence-corrected chi connectivity index (χ4v) is 1.58. The summed E-state index contributed by atoms with van der Waals surface area (Å²) in [5.74, 6) is -15.7. The Hall–Kier alpha value is -4.57. The Kier molecular flexibility index (Phi) is 19.1. The minimum absolute atomic E-state index is 0. The maximum absolute atomic E-state index is 11.0. The Morgan fingerprint density at radius 1 is 0.595 bits per heavy atom. The molecule has 0 radical (unpaired) electrons. The molecule has 2 atom stereocenters. The van der Waals surface area contributed by atoms with Crippen LogP contribution in [-0.4, -0.2) is 112 Å². The molecule has 0 aliphatic carbocycles. The first-order valence-corrected chi connectivity index (χ1v) is 8.53. The molecule has 0 rings (SSSR count). The van der Waals surface area contributed by atoms with E-state index in [1.165, 1.54) is 0 Å². The average molecular weight is 548 g/mol. The maximum Gasteiger partial charge on any atom is 0.425 e. The van der Waals surface area contributed by atoms with Crippen molar-refractivity contribution in [3.8, 4) is 0 Å². The summed E-state index contributed by atoms with van der Waals surface area (Å²) in [5.41, 5.74) is -2.74. The molecule has 21 heteroatoms. The second-order valence-electron chi connectivity index (χ2n) is 6.12. The lowest BCUT2D eigenvalue weighted by molar-refractivity contribution is -0.179. The molecule has 0 heterocycles. The van der Waals surface area contributed by atoms with Gasteiger partial charge in [0.15, 0.2) is 17.8 Å². The largest absolute Gasteiger partial charge is 0.481 e. The molecule has 37 heavy (non-hydrogen) atoms. The van der Waals surface area contributed by atoms with Crippen LogP contribution in [0, 0.1) is 0 Å². The number of hydrogen-bond acceptors (Lipinski definition) is 16. The molecule has 0 saturated carbocycles. The number of rotatable bonds is 11.